The molecule has 0 aromatic heterocycles. The van der Waals surface area contributed by atoms with Gasteiger partial charge in [-0.1, -0.05) is 55.4 Å². The van der Waals surface area contributed by atoms with E-state index in [0.717, 1.165) is 0 Å². The summed E-state index contributed by atoms with van der Waals surface area (Å²) in [5.74, 6) is 2.14. The van der Waals surface area contributed by atoms with E-state index >= 15 is 0 Å². The third kappa shape index (κ3) is 5.53. The van der Waals surface area contributed by atoms with Gasteiger partial charge in [0.05, 0.1) is 10.6 Å². The molecular weight excluding hydrogens is 406 g/mol. The first-order chi connectivity index (χ1) is 14.8. The first-order valence-corrected chi connectivity index (χ1v) is 12.8. The molecule has 0 N–H and O–H groups in total. The summed E-state index contributed by atoms with van der Waals surface area (Å²) in [5.41, 5.74) is 8.99. The van der Waals surface area contributed by atoms with Crippen molar-refractivity contribution in [2.24, 2.45) is 0 Å². The molecule has 0 aliphatic rings. The van der Waals surface area contributed by atoms with Gasteiger partial charge >= 0.3 is 0 Å². The molecule has 0 atom stereocenters. The quantitative estimate of drug-likeness (QED) is 0.370. The lowest BCUT2D eigenvalue weighted by Crippen LogP contribution is -2.22. The van der Waals surface area contributed by atoms with Gasteiger partial charge in [0.1, 0.15) is 7.57 Å². The van der Waals surface area contributed by atoms with Crippen molar-refractivity contribution in [3.63, 3.8) is 0 Å². The van der Waals surface area contributed by atoms with E-state index in [9.17, 15) is 0 Å². The maximum Gasteiger partial charge on any atom is 0.135 e. The van der Waals surface area contributed by atoms with Gasteiger partial charge in [-0.05, 0) is 70.2 Å². The molecule has 0 aliphatic carbocycles. The van der Waals surface area contributed by atoms with Gasteiger partial charge in [-0.25, -0.2) is 0 Å². The van der Waals surface area contributed by atoms with E-state index in [4.69, 9.17) is 0 Å². The monoisotopic (exact) mass is 454 g/mol. The van der Waals surface area contributed by atoms with Crippen molar-refractivity contribution < 1.29 is 0 Å². The second kappa shape index (κ2) is 10.6. The molecule has 0 fully saturated rings. The largest absolute Gasteiger partial charge is 0.377 e. The highest BCUT2D eigenvalue weighted by Crippen LogP contribution is 2.41. The van der Waals surface area contributed by atoms with Crippen LogP contribution in [0.25, 0.3) is 0 Å². The van der Waals surface area contributed by atoms with Crippen LogP contribution in [0.15, 0.2) is 24.3 Å². The van der Waals surface area contributed by atoms with Crippen molar-refractivity contribution in [3.8, 4) is 0 Å². The van der Waals surface area contributed by atoms with Crippen LogP contribution in [0.3, 0.4) is 0 Å². The van der Waals surface area contributed by atoms with E-state index in [2.05, 4.69) is 118 Å². The van der Waals surface area contributed by atoms with Gasteiger partial charge in [-0.3, -0.25) is 0 Å². The van der Waals surface area contributed by atoms with Gasteiger partial charge in [0.25, 0.3) is 0 Å². The molecule has 0 heterocycles. The molecule has 0 aliphatic heterocycles. The minimum absolute atomic E-state index is 0.173. The number of rotatable bonds is 8. The Bertz CT molecular complexity index is 796. The normalized spacial score (nSPS) is 12.1. The number of anilines is 2. The fraction of sp³-hybridized carbons (Fsp3) is 0.571. The van der Waals surface area contributed by atoms with Gasteiger partial charge in [-0.15, -0.1) is 7.80 Å². The molecule has 0 saturated heterocycles. The lowest BCUT2D eigenvalue weighted by atomic mass is 9.92. The van der Waals surface area contributed by atoms with Crippen LogP contribution in [0, 0.1) is 0 Å². The summed E-state index contributed by atoms with van der Waals surface area (Å²) in [7, 11) is 8.36. The summed E-state index contributed by atoms with van der Waals surface area (Å²) in [5, 5.41) is 3.30. The van der Waals surface area contributed by atoms with Crippen molar-refractivity contribution in [1.29, 1.82) is 0 Å². The zero-order chi connectivity index (χ0) is 24.5. The van der Waals surface area contributed by atoms with Crippen LogP contribution in [-0.4, -0.2) is 35.8 Å². The Balaban J connectivity index is 2.78. The van der Waals surface area contributed by atoms with E-state index < -0.39 is 7.80 Å². The summed E-state index contributed by atoms with van der Waals surface area (Å²) in [6, 6.07) is 10.3. The van der Waals surface area contributed by atoms with Crippen molar-refractivity contribution in [2.45, 2.75) is 79.1 Å². The van der Waals surface area contributed by atoms with E-state index in [0.29, 0.717) is 23.7 Å². The molecule has 0 unspecified atom stereocenters. The Labute approximate surface area is 200 Å². The standard InChI is InChI=1S/C28H48BN2P/c1-17(2)23-13-21(14-24(18(3)4)27(23)30(9)10)32(29)22-15-25(19(5)6)28(31(11)12)26(16-22)20(7)8/h13-20,32H,1-12,29H3. The molecule has 0 radical (unpaired) electrons. The molecule has 2 aromatic carbocycles. The number of benzene rings is 2. The second-order valence-electron chi connectivity index (χ2n) is 10.5. The van der Waals surface area contributed by atoms with Gasteiger partial charge in [0.15, 0.2) is 0 Å². The number of nitrogens with zero attached hydrogens (tertiary/aromatic N) is 2. The smallest absolute Gasteiger partial charge is 0.135 e. The highest BCUT2D eigenvalue weighted by atomic mass is 31.1. The van der Waals surface area contributed by atoms with E-state index in [1.807, 2.05) is 0 Å². The van der Waals surface area contributed by atoms with Crippen LogP contribution in [-0.2, 0) is 0 Å². The third-order valence-corrected chi connectivity index (χ3v) is 7.16. The summed E-state index contributed by atoms with van der Waals surface area (Å²) >= 11 is 0. The average molecular weight is 454 g/mol. The van der Waals surface area contributed by atoms with Crippen molar-refractivity contribution >= 4 is 37.3 Å². The van der Waals surface area contributed by atoms with Crippen LogP contribution in [0.4, 0.5) is 11.4 Å². The zero-order valence-electron chi connectivity index (χ0n) is 22.0. The minimum atomic E-state index is -0.636. The molecule has 0 bridgehead atoms. The Hall–Kier alpha value is -1.47. The molecule has 4 heteroatoms. The molecule has 32 heavy (non-hydrogen) atoms. The summed E-state index contributed by atoms with van der Waals surface area (Å²) in [4.78, 5) is 4.67. The van der Waals surface area contributed by atoms with Gasteiger partial charge in [-0.2, -0.15) is 0 Å². The molecular formula is C28H48BN2P. The van der Waals surface area contributed by atoms with E-state index in [1.165, 1.54) is 33.6 Å². The highest BCUT2D eigenvalue weighted by molar-refractivity contribution is 7.94. The fourth-order valence-electron chi connectivity index (χ4n) is 4.46. The highest BCUT2D eigenvalue weighted by Gasteiger charge is 2.24. The SMILES string of the molecule is [BH3-][PH+](c1cc(C(C)C)c(N(C)C)c(C(C)C)c1)c1cc(C(C)C)c(N(C)C)c(C(C)C)c1. The van der Waals surface area contributed by atoms with Crippen LogP contribution in [0.5, 0.6) is 0 Å². The van der Waals surface area contributed by atoms with Crippen molar-refractivity contribution in [3.05, 3.63) is 46.5 Å². The van der Waals surface area contributed by atoms with Crippen LogP contribution in [0.2, 0.25) is 0 Å². The van der Waals surface area contributed by atoms with Crippen LogP contribution >= 0.6 is 7.80 Å². The zero-order valence-corrected chi connectivity index (χ0v) is 23.0. The first kappa shape index (κ1) is 26.8. The van der Waals surface area contributed by atoms with E-state index in [1.54, 1.807) is 10.6 Å². The minimum Gasteiger partial charge on any atom is -0.377 e. The lowest BCUT2D eigenvalue weighted by Gasteiger charge is -2.29. The first-order valence-electron chi connectivity index (χ1n) is 11.8. The topological polar surface area (TPSA) is 6.48 Å². The van der Waals surface area contributed by atoms with Crippen molar-refractivity contribution in [1.82, 2.24) is 0 Å². The molecule has 2 rings (SSSR count). The summed E-state index contributed by atoms with van der Waals surface area (Å²) in [6.45, 7) is 18.8. The molecule has 178 valence electrons. The second-order valence-corrected chi connectivity index (χ2v) is 11.9. The number of hydrogen-bond donors (Lipinski definition) is 0. The number of hydrogen-bond acceptors (Lipinski definition) is 2. The van der Waals surface area contributed by atoms with Gasteiger partial charge in [0.2, 0.25) is 0 Å². The molecule has 0 saturated carbocycles. The van der Waals surface area contributed by atoms with Gasteiger partial charge in [0, 0.05) is 39.6 Å². The lowest BCUT2D eigenvalue weighted by molar-refractivity contribution is 0.824. The fourth-order valence-corrected chi connectivity index (χ4v) is 5.71. The van der Waals surface area contributed by atoms with E-state index in [-0.39, 0.29) is 7.57 Å². The maximum atomic E-state index is 2.58. The molecule has 2 aromatic rings. The summed E-state index contributed by atoms with van der Waals surface area (Å²) < 4.78 is 0. The maximum absolute atomic E-state index is 2.58. The molecule has 0 amide bonds. The molecule has 0 spiro atoms. The summed E-state index contributed by atoms with van der Waals surface area (Å²) in [6.07, 6.45) is 0. The van der Waals surface area contributed by atoms with Crippen LogP contribution < -0.4 is 20.4 Å². The van der Waals surface area contributed by atoms with Crippen molar-refractivity contribution in [2.75, 3.05) is 38.0 Å². The van der Waals surface area contributed by atoms with Gasteiger partial charge < -0.3 is 9.80 Å². The average Bonchev–Trinajstić information content (AvgIpc) is 2.70. The Morgan fingerprint density at radius 1 is 0.531 bits per heavy atom. The Morgan fingerprint density at radius 3 is 0.906 bits per heavy atom. The molecule has 2 nitrogen and oxygen atoms in total. The predicted octanol–water partition coefficient (Wildman–Crippen LogP) is 5.76. The van der Waals surface area contributed by atoms with Crippen LogP contribution in [0.1, 0.15) is 101 Å². The predicted molar refractivity (Wildman–Crippen MR) is 155 cm³/mol. The Morgan fingerprint density at radius 2 is 0.750 bits per heavy atom. The Kier molecular flexibility index (Phi) is 8.91. The third-order valence-electron chi connectivity index (χ3n) is 6.01.